The molecule has 2 aliphatic heterocycles. The number of hydrogen-bond donors (Lipinski definition) is 5. The minimum absolute atomic E-state index is 0. The first-order valence-corrected chi connectivity index (χ1v) is 20.6. The number of anilines is 1. The Morgan fingerprint density at radius 3 is 2.36 bits per heavy atom. The van der Waals surface area contributed by atoms with Crippen molar-refractivity contribution in [1.82, 2.24) is 36.1 Å². The lowest BCUT2D eigenvalue weighted by Gasteiger charge is -2.36. The van der Waals surface area contributed by atoms with Gasteiger partial charge in [-0.2, -0.15) is 0 Å². The largest absolute Gasteiger partial charge is 0.391 e. The van der Waals surface area contributed by atoms with Gasteiger partial charge >= 0.3 is 0 Å². The maximum atomic E-state index is 13.8. The van der Waals surface area contributed by atoms with E-state index < -0.39 is 23.6 Å². The molecule has 5 N–H and O–H groups in total. The Hall–Kier alpha value is -4.11. The first-order valence-electron chi connectivity index (χ1n) is 19.7. The van der Waals surface area contributed by atoms with E-state index >= 15 is 0 Å². The van der Waals surface area contributed by atoms with Gasteiger partial charge in [-0.05, 0) is 70.2 Å². The zero-order valence-electron chi connectivity index (χ0n) is 33.1. The molecule has 13 nitrogen and oxygen atoms in total. The Kier molecular flexibility index (Phi) is 17.1. The van der Waals surface area contributed by atoms with E-state index in [-0.39, 0.29) is 49.0 Å². The molecule has 5 rings (SSSR count). The molecule has 2 aliphatic rings. The minimum Gasteiger partial charge on any atom is -0.391 e. The van der Waals surface area contributed by atoms with Gasteiger partial charge in [0.1, 0.15) is 11.7 Å². The molecule has 4 amide bonds. The van der Waals surface area contributed by atoms with Crippen LogP contribution in [0.1, 0.15) is 87.5 Å². The molecule has 306 valence electrons. The van der Waals surface area contributed by atoms with Crippen LogP contribution >= 0.6 is 23.7 Å². The summed E-state index contributed by atoms with van der Waals surface area (Å²) in [7, 11) is 0. The Balaban J connectivity index is 0.00000696. The summed E-state index contributed by atoms with van der Waals surface area (Å²) in [6, 6.07) is 10.7. The van der Waals surface area contributed by atoms with Crippen molar-refractivity contribution in [3.8, 4) is 10.4 Å². The SMILES string of the molecule is Cc1ncsc1-c1ccc(CCNC(=O)[C@@H]2C[C@@H](O)CN2C(=O)C(C)(C)[C@H](C)NC(=O)CCCCCCCNC(=O)c2ccc(N3CCNCC3)cn2)cc1.Cl. The number of β-amino-alcohol motifs (C(OH)–C–C–N with tert-alkyl or cyclic N) is 1. The fourth-order valence-electron chi connectivity index (χ4n) is 7.05. The number of carbonyl (C=O) groups excluding carboxylic acids is 4. The number of carbonyl (C=O) groups is 4. The van der Waals surface area contributed by atoms with Gasteiger partial charge in [-0.15, -0.1) is 23.7 Å². The summed E-state index contributed by atoms with van der Waals surface area (Å²) in [4.78, 5) is 66.0. The van der Waals surface area contributed by atoms with E-state index in [1.165, 1.54) is 4.90 Å². The highest BCUT2D eigenvalue weighted by Gasteiger charge is 2.46. The average Bonchev–Trinajstić information content (AvgIpc) is 3.81. The lowest BCUT2D eigenvalue weighted by Crippen LogP contribution is -2.55. The lowest BCUT2D eigenvalue weighted by atomic mass is 9.83. The van der Waals surface area contributed by atoms with Crippen molar-refractivity contribution < 1.29 is 24.3 Å². The highest BCUT2D eigenvalue weighted by Crippen LogP contribution is 2.30. The number of aryl methyl sites for hydroxylation is 1. The Bertz CT molecular complexity index is 1730. The second-order valence-corrected chi connectivity index (χ2v) is 16.1. The molecule has 0 aliphatic carbocycles. The van der Waals surface area contributed by atoms with Crippen molar-refractivity contribution in [1.29, 1.82) is 0 Å². The van der Waals surface area contributed by atoms with Gasteiger partial charge in [0.15, 0.2) is 0 Å². The molecule has 2 aromatic heterocycles. The summed E-state index contributed by atoms with van der Waals surface area (Å²) in [6.45, 7) is 12.1. The van der Waals surface area contributed by atoms with Crippen LogP contribution in [0.4, 0.5) is 5.69 Å². The molecule has 3 atom stereocenters. The van der Waals surface area contributed by atoms with Crippen molar-refractivity contribution in [2.24, 2.45) is 5.41 Å². The Morgan fingerprint density at radius 2 is 1.68 bits per heavy atom. The van der Waals surface area contributed by atoms with Gasteiger partial charge in [-0.1, -0.05) is 43.5 Å². The normalized spacial score (nSPS) is 17.5. The standard InChI is InChI=1S/C41H58N8O5S.ClH/c1-28-37(55-27-46-28)31-13-11-30(12-14-31)17-19-44-39(53)35-24-33(50)26-49(35)40(54)41(3,4)29(2)47-36(51)10-8-6-5-7-9-18-43-38(52)34-16-15-32(25-45-34)48-22-20-42-21-23-48;/h11-16,25,27,29,33,35,42,50H,5-10,17-24,26H2,1-4H3,(H,43,52)(H,44,53)(H,47,51);1H/t29-,33+,35-;/m0./s1. The summed E-state index contributed by atoms with van der Waals surface area (Å²) >= 11 is 1.61. The molecule has 1 aromatic carbocycles. The number of likely N-dealkylation sites (tertiary alicyclic amines) is 1. The van der Waals surface area contributed by atoms with Crippen LogP contribution in [-0.4, -0.2) is 108 Å². The molecule has 15 heteroatoms. The third-order valence-electron chi connectivity index (χ3n) is 10.9. The van der Waals surface area contributed by atoms with E-state index in [0.29, 0.717) is 31.6 Å². The first-order chi connectivity index (χ1) is 26.4. The van der Waals surface area contributed by atoms with Crippen molar-refractivity contribution in [3.05, 3.63) is 65.1 Å². The van der Waals surface area contributed by atoms with Crippen molar-refractivity contribution in [2.75, 3.05) is 50.7 Å². The van der Waals surface area contributed by atoms with Crippen LogP contribution in [0, 0.1) is 12.3 Å². The topological polar surface area (TPSA) is 169 Å². The first kappa shape index (κ1) is 44.6. The maximum absolute atomic E-state index is 13.8. The Morgan fingerprint density at radius 1 is 0.964 bits per heavy atom. The molecule has 2 saturated heterocycles. The van der Waals surface area contributed by atoms with Crippen LogP contribution in [0.5, 0.6) is 0 Å². The number of nitrogens with one attached hydrogen (secondary N) is 4. The van der Waals surface area contributed by atoms with E-state index in [1.54, 1.807) is 37.4 Å². The van der Waals surface area contributed by atoms with E-state index in [0.717, 1.165) is 85.7 Å². The highest BCUT2D eigenvalue weighted by molar-refractivity contribution is 7.13. The summed E-state index contributed by atoms with van der Waals surface area (Å²) in [5.41, 5.74) is 5.49. The maximum Gasteiger partial charge on any atom is 0.269 e. The van der Waals surface area contributed by atoms with Crippen LogP contribution in [0.25, 0.3) is 10.4 Å². The fraction of sp³-hybridized carbons (Fsp3) is 0.561. The fourth-order valence-corrected chi connectivity index (χ4v) is 7.86. The zero-order valence-corrected chi connectivity index (χ0v) is 34.8. The second-order valence-electron chi connectivity index (χ2n) is 15.3. The summed E-state index contributed by atoms with van der Waals surface area (Å²) < 4.78 is 0. The van der Waals surface area contributed by atoms with Crippen LogP contribution in [0.2, 0.25) is 0 Å². The second kappa shape index (κ2) is 21.4. The zero-order chi connectivity index (χ0) is 39.4. The number of aliphatic hydroxyl groups is 1. The third-order valence-corrected chi connectivity index (χ3v) is 11.8. The molecule has 4 heterocycles. The number of rotatable bonds is 18. The van der Waals surface area contributed by atoms with E-state index in [2.05, 4.69) is 48.3 Å². The number of amides is 4. The Labute approximate surface area is 341 Å². The molecular formula is C41H59ClN8O5S. The number of unbranched alkanes of at least 4 members (excludes halogenated alkanes) is 4. The van der Waals surface area contributed by atoms with E-state index in [4.69, 9.17) is 0 Å². The molecule has 0 radical (unpaired) electrons. The van der Waals surface area contributed by atoms with Crippen LogP contribution in [0.3, 0.4) is 0 Å². The predicted octanol–water partition coefficient (Wildman–Crippen LogP) is 4.27. The molecular weight excluding hydrogens is 752 g/mol. The predicted molar refractivity (Wildman–Crippen MR) is 223 cm³/mol. The smallest absolute Gasteiger partial charge is 0.269 e. The van der Waals surface area contributed by atoms with Gasteiger partial charge in [0, 0.05) is 64.7 Å². The minimum atomic E-state index is -0.997. The van der Waals surface area contributed by atoms with Gasteiger partial charge < -0.3 is 36.2 Å². The number of hydrogen-bond acceptors (Lipinski definition) is 10. The molecule has 0 saturated carbocycles. The number of halogens is 1. The quantitative estimate of drug-likeness (QED) is 0.118. The molecule has 2 fully saturated rings. The molecule has 3 aromatic rings. The van der Waals surface area contributed by atoms with Gasteiger partial charge in [0.25, 0.3) is 5.91 Å². The molecule has 0 bridgehead atoms. The van der Waals surface area contributed by atoms with Crippen LogP contribution in [-0.2, 0) is 20.8 Å². The van der Waals surface area contributed by atoms with Crippen molar-refractivity contribution in [2.45, 2.75) is 97.2 Å². The number of aliphatic hydroxyl groups excluding tert-OH is 1. The molecule has 56 heavy (non-hydrogen) atoms. The van der Waals surface area contributed by atoms with Crippen LogP contribution < -0.4 is 26.2 Å². The summed E-state index contributed by atoms with van der Waals surface area (Å²) in [6.07, 6.45) is 6.45. The van der Waals surface area contributed by atoms with E-state index in [9.17, 15) is 24.3 Å². The number of benzene rings is 1. The van der Waals surface area contributed by atoms with Gasteiger partial charge in [0.2, 0.25) is 17.7 Å². The lowest BCUT2D eigenvalue weighted by molar-refractivity contribution is -0.147. The summed E-state index contributed by atoms with van der Waals surface area (Å²) in [5, 5.41) is 22.7. The van der Waals surface area contributed by atoms with Gasteiger partial charge in [-0.3, -0.25) is 19.2 Å². The molecule has 0 spiro atoms. The monoisotopic (exact) mass is 810 g/mol. The average molecular weight is 811 g/mol. The number of aromatic nitrogens is 2. The summed E-state index contributed by atoms with van der Waals surface area (Å²) in [5.74, 6) is -0.858. The number of piperazine rings is 1. The van der Waals surface area contributed by atoms with Crippen molar-refractivity contribution in [3.63, 3.8) is 0 Å². The van der Waals surface area contributed by atoms with Gasteiger partial charge in [-0.25, -0.2) is 9.97 Å². The van der Waals surface area contributed by atoms with Crippen molar-refractivity contribution >= 4 is 53.1 Å². The van der Waals surface area contributed by atoms with E-state index in [1.807, 2.05) is 37.6 Å². The third kappa shape index (κ3) is 12.2. The van der Waals surface area contributed by atoms with Crippen LogP contribution in [0.15, 0.2) is 48.1 Å². The highest BCUT2D eigenvalue weighted by atomic mass is 35.5. The number of thiazole rings is 1. The van der Waals surface area contributed by atoms with Gasteiger partial charge in [0.05, 0.1) is 39.5 Å². The number of pyridine rings is 1. The molecule has 0 unspecified atom stereocenters. The number of nitrogens with zero attached hydrogens (tertiary/aromatic N) is 4.